The minimum atomic E-state index is -0.383. The molecule has 0 atom stereocenters. The molecule has 1 spiro atoms. The van der Waals surface area contributed by atoms with Crippen molar-refractivity contribution in [2.75, 3.05) is 0 Å². The zero-order valence-electron chi connectivity index (χ0n) is 31.2. The second-order valence-corrected chi connectivity index (χ2v) is 15.4. The largest absolute Gasteiger partial charge is 0.256 e. The lowest BCUT2D eigenvalue weighted by Crippen LogP contribution is -2.25. The second-order valence-electron chi connectivity index (χ2n) is 15.4. The van der Waals surface area contributed by atoms with Crippen molar-refractivity contribution in [3.63, 3.8) is 0 Å². The van der Waals surface area contributed by atoms with Crippen LogP contribution in [0, 0.1) is 0 Å². The summed E-state index contributed by atoms with van der Waals surface area (Å²) in [4.78, 5) is 5.26. The van der Waals surface area contributed by atoms with E-state index in [1.807, 2.05) is 0 Å². The van der Waals surface area contributed by atoms with Gasteiger partial charge in [0.15, 0.2) is 0 Å². The molecule has 12 rings (SSSR count). The van der Waals surface area contributed by atoms with E-state index in [9.17, 15) is 0 Å². The van der Waals surface area contributed by atoms with E-state index in [2.05, 4.69) is 212 Å². The molecule has 1 aromatic heterocycles. The third-order valence-electron chi connectivity index (χ3n) is 12.5. The minimum absolute atomic E-state index is 0.383. The first-order chi connectivity index (χ1) is 28.3. The van der Waals surface area contributed by atoms with Gasteiger partial charge in [-0.2, -0.15) is 0 Å². The third-order valence-corrected chi connectivity index (χ3v) is 12.5. The van der Waals surface area contributed by atoms with Crippen molar-refractivity contribution in [1.82, 2.24) is 4.98 Å². The summed E-state index contributed by atoms with van der Waals surface area (Å²) >= 11 is 0. The molecule has 0 radical (unpaired) electrons. The molecule has 0 saturated heterocycles. The van der Waals surface area contributed by atoms with Crippen LogP contribution in [-0.2, 0) is 5.41 Å². The predicted molar refractivity (Wildman–Crippen MR) is 237 cm³/mol. The zero-order chi connectivity index (χ0) is 37.5. The highest BCUT2D eigenvalue weighted by molar-refractivity contribution is 6.22. The van der Waals surface area contributed by atoms with Crippen LogP contribution >= 0.6 is 0 Å². The van der Waals surface area contributed by atoms with Gasteiger partial charge in [-0.1, -0.05) is 188 Å². The normalized spacial score (nSPS) is 13.1. The Morgan fingerprint density at radius 3 is 1.35 bits per heavy atom. The molecule has 0 aliphatic heterocycles. The van der Waals surface area contributed by atoms with Crippen molar-refractivity contribution in [1.29, 1.82) is 0 Å². The standard InChI is InChI=1S/C56H35N/c1-3-15-36(16-4-1)38-27-31-47-48(33-38)54(37-17-5-2-6-18-37)45-22-7-8-23-46(45)55(47)40-29-32-53(57-35-40)39-28-30-44-43-21-11-14-26-51(43)56(52(44)34-39)49-24-12-9-19-41(49)42-20-10-13-25-50(42)56/h1-35H. The topological polar surface area (TPSA) is 12.9 Å². The number of rotatable bonds is 4. The Labute approximate surface area is 332 Å². The molecule has 0 saturated carbocycles. The van der Waals surface area contributed by atoms with Crippen molar-refractivity contribution in [2.45, 2.75) is 5.41 Å². The van der Waals surface area contributed by atoms with Gasteiger partial charge in [0, 0.05) is 17.3 Å². The number of benzene rings is 9. The van der Waals surface area contributed by atoms with Crippen molar-refractivity contribution in [3.05, 3.63) is 235 Å². The Morgan fingerprint density at radius 2 is 0.754 bits per heavy atom. The number of nitrogens with zero attached hydrogens (tertiary/aromatic N) is 1. The molecule has 1 heterocycles. The van der Waals surface area contributed by atoms with Crippen molar-refractivity contribution in [3.8, 4) is 66.9 Å². The maximum Gasteiger partial charge on any atom is 0.0725 e. The highest BCUT2D eigenvalue weighted by atomic mass is 14.7. The second kappa shape index (κ2) is 12.3. The lowest BCUT2D eigenvalue weighted by Gasteiger charge is -2.30. The SMILES string of the molecule is c1ccc(-c2ccc3c(-c4ccc(-c5ccc6c(c5)C5(c7ccccc7-c7ccccc75)c5ccccc5-6)nc4)c4ccccc4c(-c4ccccc4)c3c2)cc1. The first-order valence-corrected chi connectivity index (χ1v) is 19.8. The molecule has 9 aromatic carbocycles. The van der Waals surface area contributed by atoms with Gasteiger partial charge < -0.3 is 0 Å². The molecule has 0 fully saturated rings. The molecule has 10 aromatic rings. The lowest BCUT2D eigenvalue weighted by molar-refractivity contribution is 0.794. The smallest absolute Gasteiger partial charge is 0.0725 e. The van der Waals surface area contributed by atoms with Crippen LogP contribution < -0.4 is 0 Å². The lowest BCUT2D eigenvalue weighted by atomic mass is 9.70. The summed E-state index contributed by atoms with van der Waals surface area (Å²) in [5.74, 6) is 0. The molecular formula is C56H35N. The van der Waals surface area contributed by atoms with Crippen LogP contribution in [0.3, 0.4) is 0 Å². The molecular weight excluding hydrogens is 687 g/mol. The average Bonchev–Trinajstić information content (AvgIpc) is 3.76. The summed E-state index contributed by atoms with van der Waals surface area (Å²) in [6.45, 7) is 0. The first-order valence-electron chi connectivity index (χ1n) is 19.8. The van der Waals surface area contributed by atoms with Crippen molar-refractivity contribution < 1.29 is 0 Å². The number of hydrogen-bond donors (Lipinski definition) is 0. The van der Waals surface area contributed by atoms with Gasteiger partial charge in [-0.15, -0.1) is 0 Å². The van der Waals surface area contributed by atoms with Gasteiger partial charge in [-0.3, -0.25) is 4.98 Å². The van der Waals surface area contributed by atoms with Gasteiger partial charge in [0.2, 0.25) is 0 Å². The summed E-state index contributed by atoms with van der Waals surface area (Å²) in [5, 5.41) is 4.92. The van der Waals surface area contributed by atoms with E-state index in [-0.39, 0.29) is 5.41 Å². The monoisotopic (exact) mass is 721 g/mol. The van der Waals surface area contributed by atoms with E-state index in [4.69, 9.17) is 4.98 Å². The quantitative estimate of drug-likeness (QED) is 0.165. The number of pyridine rings is 1. The van der Waals surface area contributed by atoms with Gasteiger partial charge in [0.1, 0.15) is 0 Å². The Morgan fingerprint density at radius 1 is 0.281 bits per heavy atom. The highest BCUT2D eigenvalue weighted by Crippen LogP contribution is 2.63. The van der Waals surface area contributed by atoms with Gasteiger partial charge in [-0.25, -0.2) is 0 Å². The van der Waals surface area contributed by atoms with Crippen molar-refractivity contribution >= 4 is 21.5 Å². The van der Waals surface area contributed by atoms with Crippen LogP contribution in [0.4, 0.5) is 0 Å². The Balaban J connectivity index is 1.04. The molecule has 2 aliphatic rings. The predicted octanol–water partition coefficient (Wildman–Crippen LogP) is 14.4. The molecule has 0 unspecified atom stereocenters. The molecule has 0 N–H and O–H groups in total. The van der Waals surface area contributed by atoms with Crippen LogP contribution in [-0.4, -0.2) is 4.98 Å². The summed E-state index contributed by atoms with van der Waals surface area (Å²) in [7, 11) is 0. The van der Waals surface area contributed by atoms with E-state index in [0.29, 0.717) is 0 Å². The molecule has 0 amide bonds. The fourth-order valence-electron chi connectivity index (χ4n) is 10.2. The summed E-state index contributed by atoms with van der Waals surface area (Å²) in [6, 6.07) is 75.8. The number of hydrogen-bond acceptors (Lipinski definition) is 1. The maximum atomic E-state index is 5.26. The molecule has 2 aliphatic carbocycles. The minimum Gasteiger partial charge on any atom is -0.256 e. The van der Waals surface area contributed by atoms with Crippen LogP contribution in [0.2, 0.25) is 0 Å². The summed E-state index contributed by atoms with van der Waals surface area (Å²) in [6.07, 6.45) is 2.09. The first kappa shape index (κ1) is 31.9. The van der Waals surface area contributed by atoms with Crippen LogP contribution in [0.15, 0.2) is 212 Å². The van der Waals surface area contributed by atoms with Gasteiger partial charge in [-0.05, 0) is 112 Å². The average molecular weight is 722 g/mol. The van der Waals surface area contributed by atoms with E-state index >= 15 is 0 Å². The summed E-state index contributed by atoms with van der Waals surface area (Å²) < 4.78 is 0. The Kier molecular flexibility index (Phi) is 6.91. The fraction of sp³-hybridized carbons (Fsp3) is 0.0179. The van der Waals surface area contributed by atoms with E-state index in [1.54, 1.807) is 0 Å². The van der Waals surface area contributed by atoms with Gasteiger partial charge >= 0.3 is 0 Å². The Hall–Kier alpha value is -7.35. The Bertz CT molecular complexity index is 3150. The zero-order valence-corrected chi connectivity index (χ0v) is 31.2. The van der Waals surface area contributed by atoms with E-state index in [0.717, 1.165) is 16.8 Å². The fourth-order valence-corrected chi connectivity index (χ4v) is 10.2. The molecule has 1 nitrogen and oxygen atoms in total. The molecule has 0 bridgehead atoms. The van der Waals surface area contributed by atoms with Crippen LogP contribution in [0.1, 0.15) is 22.3 Å². The highest BCUT2D eigenvalue weighted by Gasteiger charge is 2.51. The molecule has 1 heteroatoms. The van der Waals surface area contributed by atoms with Gasteiger partial charge in [0.05, 0.1) is 11.1 Å². The van der Waals surface area contributed by atoms with Crippen LogP contribution in [0.25, 0.3) is 88.4 Å². The summed E-state index contributed by atoms with van der Waals surface area (Å²) in [5.41, 5.74) is 19.5. The number of aromatic nitrogens is 1. The maximum absolute atomic E-state index is 5.26. The van der Waals surface area contributed by atoms with Gasteiger partial charge in [0.25, 0.3) is 0 Å². The third kappa shape index (κ3) is 4.54. The molecule has 264 valence electrons. The van der Waals surface area contributed by atoms with E-state index < -0.39 is 0 Å². The van der Waals surface area contributed by atoms with Crippen LogP contribution in [0.5, 0.6) is 0 Å². The van der Waals surface area contributed by atoms with E-state index in [1.165, 1.54) is 93.9 Å². The molecule has 57 heavy (non-hydrogen) atoms. The number of fused-ring (bicyclic) bond motifs is 12. The van der Waals surface area contributed by atoms with Crippen molar-refractivity contribution in [2.24, 2.45) is 0 Å².